The highest BCUT2D eigenvalue weighted by Crippen LogP contribution is 2.39. The molecular weight excluding hydrogens is 424 g/mol. The summed E-state index contributed by atoms with van der Waals surface area (Å²) < 4.78 is 0. The molecule has 1 aromatic heterocycles. The van der Waals surface area contributed by atoms with Crippen LogP contribution in [-0.4, -0.2) is 20.0 Å². The van der Waals surface area contributed by atoms with Crippen molar-refractivity contribution in [2.24, 2.45) is 0 Å². The Hall–Kier alpha value is -2.59. The number of fused-ring (bicyclic) bond motifs is 1. The number of aryl methyl sites for hydroxylation is 2. The average molecular weight is 461 g/mol. The van der Waals surface area contributed by atoms with Crippen molar-refractivity contribution in [1.82, 2.24) is 0 Å². The zero-order valence-corrected chi connectivity index (χ0v) is 21.4. The van der Waals surface area contributed by atoms with Crippen LogP contribution in [0.5, 0.6) is 0 Å². The number of thiophene rings is 1. The third kappa shape index (κ3) is 5.16. The largest absolute Gasteiger partial charge is 0.378 e. The molecule has 1 aliphatic rings. The van der Waals surface area contributed by atoms with Crippen molar-refractivity contribution in [3.8, 4) is 0 Å². The number of carbonyl (C=O) groups is 1. The van der Waals surface area contributed by atoms with Crippen LogP contribution in [0.1, 0.15) is 71.9 Å². The van der Waals surface area contributed by atoms with E-state index in [2.05, 4.69) is 80.3 Å². The van der Waals surface area contributed by atoms with Crippen LogP contribution in [-0.2, 0) is 24.2 Å². The van der Waals surface area contributed by atoms with E-state index in [4.69, 9.17) is 0 Å². The fraction of sp³-hybridized carbons (Fsp3) is 0.414. The molecule has 3 nitrogen and oxygen atoms in total. The van der Waals surface area contributed by atoms with Crippen molar-refractivity contribution in [3.05, 3.63) is 81.0 Å². The first-order chi connectivity index (χ1) is 15.9. The van der Waals surface area contributed by atoms with Crippen molar-refractivity contribution >= 4 is 28.6 Å². The van der Waals surface area contributed by atoms with E-state index in [9.17, 15) is 4.79 Å². The summed E-state index contributed by atoms with van der Waals surface area (Å²) in [6.07, 6.45) is 4.17. The molecule has 1 atom stereocenters. The molecule has 174 valence electrons. The summed E-state index contributed by atoms with van der Waals surface area (Å²) in [5.74, 6) is 0.655. The molecule has 1 unspecified atom stereocenters. The Morgan fingerprint density at radius 1 is 1.03 bits per heavy atom. The topological polar surface area (TPSA) is 23.6 Å². The zero-order chi connectivity index (χ0) is 23.5. The summed E-state index contributed by atoms with van der Waals surface area (Å²) in [5, 5.41) is 0. The van der Waals surface area contributed by atoms with Gasteiger partial charge >= 0.3 is 0 Å². The third-order valence-corrected chi connectivity index (χ3v) is 8.10. The lowest BCUT2D eigenvalue weighted by atomic mass is 9.86. The van der Waals surface area contributed by atoms with E-state index in [1.807, 2.05) is 30.3 Å². The van der Waals surface area contributed by atoms with E-state index in [0.717, 1.165) is 36.9 Å². The van der Waals surface area contributed by atoms with Gasteiger partial charge in [0.2, 0.25) is 5.91 Å². The Morgan fingerprint density at radius 2 is 1.70 bits per heavy atom. The van der Waals surface area contributed by atoms with Gasteiger partial charge in [-0.25, -0.2) is 0 Å². The Kier molecular flexibility index (Phi) is 7.23. The van der Waals surface area contributed by atoms with Gasteiger partial charge in [-0.2, -0.15) is 0 Å². The van der Waals surface area contributed by atoms with E-state index in [1.54, 1.807) is 0 Å². The first-order valence-corrected chi connectivity index (χ1v) is 13.0. The number of rotatable bonds is 7. The van der Waals surface area contributed by atoms with Crippen molar-refractivity contribution in [3.63, 3.8) is 0 Å². The van der Waals surface area contributed by atoms with Gasteiger partial charge in [-0.3, -0.25) is 4.79 Å². The van der Waals surface area contributed by atoms with Crippen LogP contribution in [0.4, 0.5) is 11.4 Å². The number of anilines is 2. The maximum absolute atomic E-state index is 14.1. The van der Waals surface area contributed by atoms with Gasteiger partial charge in [-0.15, -0.1) is 11.3 Å². The Labute approximate surface area is 203 Å². The lowest BCUT2D eigenvalue weighted by Gasteiger charge is -2.30. The summed E-state index contributed by atoms with van der Waals surface area (Å²) in [7, 11) is 4.10. The maximum atomic E-state index is 14.1. The second-order valence-electron chi connectivity index (χ2n) is 9.62. The number of benzene rings is 2. The maximum Gasteiger partial charge on any atom is 0.234 e. The van der Waals surface area contributed by atoms with Crippen LogP contribution in [0.2, 0.25) is 0 Å². The Morgan fingerprint density at radius 3 is 2.30 bits per heavy atom. The molecule has 4 heteroatoms. The highest BCUT2D eigenvalue weighted by atomic mass is 32.1. The standard InChI is InChI=1S/C29H36N2OS/c1-6-25-18-27-26(8-7-9-28(27)33-25)29(32)31(24-16-12-22(13-17-24)20(2)3)19-21-10-14-23(15-11-21)30(4)5/h10-18,20,26H,6-9,19H2,1-5H3. The molecule has 0 saturated heterocycles. The van der Waals surface area contributed by atoms with Crippen LogP contribution in [0, 0.1) is 0 Å². The first kappa shape index (κ1) is 23.6. The monoisotopic (exact) mass is 460 g/mol. The van der Waals surface area contributed by atoms with E-state index in [-0.39, 0.29) is 11.8 Å². The summed E-state index contributed by atoms with van der Waals surface area (Å²) in [6, 6.07) is 19.4. The molecule has 0 aliphatic heterocycles. The SMILES string of the molecule is CCc1cc2c(s1)CCCC2C(=O)N(Cc1ccc(N(C)C)cc1)c1ccc(C(C)C)cc1. The molecule has 0 radical (unpaired) electrons. The van der Waals surface area contributed by atoms with Crippen molar-refractivity contribution < 1.29 is 4.79 Å². The highest BCUT2D eigenvalue weighted by molar-refractivity contribution is 7.12. The fourth-order valence-corrected chi connectivity index (χ4v) is 5.86. The van der Waals surface area contributed by atoms with Gasteiger partial charge in [-0.05, 0) is 78.6 Å². The second kappa shape index (κ2) is 10.1. The second-order valence-corrected chi connectivity index (χ2v) is 10.8. The molecule has 33 heavy (non-hydrogen) atoms. The predicted octanol–water partition coefficient (Wildman–Crippen LogP) is 7.15. The lowest BCUT2D eigenvalue weighted by molar-refractivity contribution is -0.120. The normalized spacial score (nSPS) is 15.4. The molecule has 1 amide bonds. The number of amides is 1. The van der Waals surface area contributed by atoms with Gasteiger partial charge in [0.15, 0.2) is 0 Å². The van der Waals surface area contributed by atoms with Gasteiger partial charge in [0.05, 0.1) is 12.5 Å². The molecule has 0 N–H and O–H groups in total. The zero-order valence-electron chi connectivity index (χ0n) is 20.6. The van der Waals surface area contributed by atoms with Crippen LogP contribution >= 0.6 is 11.3 Å². The molecule has 0 bridgehead atoms. The number of nitrogens with zero attached hydrogens (tertiary/aromatic N) is 2. The summed E-state index contributed by atoms with van der Waals surface area (Å²) in [6.45, 7) is 7.20. The summed E-state index contributed by atoms with van der Waals surface area (Å²) in [5.41, 5.74) is 5.88. The number of carbonyl (C=O) groups excluding carboxylic acids is 1. The minimum Gasteiger partial charge on any atom is -0.378 e. The quantitative estimate of drug-likeness (QED) is 0.374. The molecular formula is C29H36N2OS. The molecule has 1 aliphatic carbocycles. The Bertz CT molecular complexity index is 1080. The predicted molar refractivity (Wildman–Crippen MR) is 142 cm³/mol. The van der Waals surface area contributed by atoms with Crippen LogP contribution in [0.15, 0.2) is 54.6 Å². The molecule has 0 fully saturated rings. The van der Waals surface area contributed by atoms with Gasteiger partial charge in [0.25, 0.3) is 0 Å². The van der Waals surface area contributed by atoms with Gasteiger partial charge < -0.3 is 9.80 Å². The van der Waals surface area contributed by atoms with E-state index >= 15 is 0 Å². The third-order valence-electron chi connectivity index (χ3n) is 6.74. The summed E-state index contributed by atoms with van der Waals surface area (Å²) in [4.78, 5) is 21.0. The molecule has 3 aromatic rings. The van der Waals surface area contributed by atoms with E-state index in [0.29, 0.717) is 12.5 Å². The number of hydrogen-bond donors (Lipinski definition) is 0. The van der Waals surface area contributed by atoms with Crippen LogP contribution < -0.4 is 9.80 Å². The van der Waals surface area contributed by atoms with Gasteiger partial charge in [-0.1, -0.05) is 45.0 Å². The van der Waals surface area contributed by atoms with Crippen LogP contribution in [0.25, 0.3) is 0 Å². The van der Waals surface area contributed by atoms with Crippen molar-refractivity contribution in [1.29, 1.82) is 0 Å². The van der Waals surface area contributed by atoms with Gasteiger partial charge in [0.1, 0.15) is 0 Å². The van der Waals surface area contributed by atoms with Crippen molar-refractivity contribution in [2.45, 2.75) is 64.8 Å². The van der Waals surface area contributed by atoms with Crippen LogP contribution in [0.3, 0.4) is 0 Å². The minimum absolute atomic E-state index is 0.0453. The fourth-order valence-electron chi connectivity index (χ4n) is 4.65. The molecule has 0 saturated carbocycles. The highest BCUT2D eigenvalue weighted by Gasteiger charge is 2.32. The van der Waals surface area contributed by atoms with E-state index in [1.165, 1.54) is 26.6 Å². The number of hydrogen-bond acceptors (Lipinski definition) is 3. The molecule has 1 heterocycles. The first-order valence-electron chi connectivity index (χ1n) is 12.2. The molecule has 2 aromatic carbocycles. The minimum atomic E-state index is -0.0453. The van der Waals surface area contributed by atoms with Gasteiger partial charge in [0, 0.05) is 35.2 Å². The molecule has 0 spiro atoms. The average Bonchev–Trinajstić information content (AvgIpc) is 3.26. The van der Waals surface area contributed by atoms with Crippen molar-refractivity contribution in [2.75, 3.05) is 23.9 Å². The van der Waals surface area contributed by atoms with E-state index < -0.39 is 0 Å². The summed E-state index contributed by atoms with van der Waals surface area (Å²) >= 11 is 1.90. The molecule has 4 rings (SSSR count). The smallest absolute Gasteiger partial charge is 0.234 e. The Balaban J connectivity index is 1.68. The lowest BCUT2D eigenvalue weighted by Crippen LogP contribution is -2.36.